The van der Waals surface area contributed by atoms with Gasteiger partial charge in [0.15, 0.2) is 0 Å². The van der Waals surface area contributed by atoms with Crippen molar-refractivity contribution in [1.29, 1.82) is 0 Å². The summed E-state index contributed by atoms with van der Waals surface area (Å²) in [5, 5.41) is 13.1. The zero-order valence-electron chi connectivity index (χ0n) is 9.50. The maximum atomic E-state index is 9.68. The fourth-order valence-electron chi connectivity index (χ4n) is 2.26. The first-order chi connectivity index (χ1) is 7.70. The second-order valence-electron chi connectivity index (χ2n) is 4.37. The summed E-state index contributed by atoms with van der Waals surface area (Å²) in [5.74, 6) is 0. The van der Waals surface area contributed by atoms with Crippen LogP contribution in [-0.2, 0) is 6.42 Å². The van der Waals surface area contributed by atoms with Gasteiger partial charge in [-0.05, 0) is 30.9 Å². The maximum absolute atomic E-state index is 9.68. The minimum absolute atomic E-state index is 0.219. The van der Waals surface area contributed by atoms with E-state index in [0.717, 1.165) is 30.0 Å². The number of fused-ring (bicyclic) bond motifs is 1. The van der Waals surface area contributed by atoms with Gasteiger partial charge in [-0.15, -0.1) is 11.3 Å². The lowest BCUT2D eigenvalue weighted by molar-refractivity contribution is 0.156. The molecule has 90 valence electrons. The first-order valence-corrected chi connectivity index (χ1v) is 7.09. The van der Waals surface area contributed by atoms with E-state index in [1.807, 2.05) is 0 Å². The molecule has 16 heavy (non-hydrogen) atoms. The number of nitrogens with one attached hydrogen (secondary N) is 1. The lowest BCUT2D eigenvalue weighted by Gasteiger charge is -2.16. The van der Waals surface area contributed by atoms with Crippen molar-refractivity contribution in [3.05, 3.63) is 20.8 Å². The monoisotopic (exact) mass is 259 g/mol. The van der Waals surface area contributed by atoms with E-state index in [4.69, 9.17) is 11.6 Å². The number of aryl methyl sites for hydroxylation is 1. The topological polar surface area (TPSA) is 32.3 Å². The lowest BCUT2D eigenvalue weighted by atomic mass is 10.1. The summed E-state index contributed by atoms with van der Waals surface area (Å²) in [7, 11) is 0. The second-order valence-corrected chi connectivity index (χ2v) is 6.14. The third-order valence-electron chi connectivity index (χ3n) is 3.07. The number of aliphatic hydroxyl groups is 1. The quantitative estimate of drug-likeness (QED) is 0.852. The van der Waals surface area contributed by atoms with Gasteiger partial charge in [0.05, 0.1) is 10.4 Å². The summed E-state index contributed by atoms with van der Waals surface area (Å²) in [5.41, 5.74) is 1.35. The summed E-state index contributed by atoms with van der Waals surface area (Å²) in [6.45, 7) is 2.78. The Morgan fingerprint density at radius 2 is 2.50 bits per heavy atom. The number of thiophene rings is 1. The van der Waals surface area contributed by atoms with Crippen LogP contribution in [0.4, 0.5) is 0 Å². The predicted octanol–water partition coefficient (Wildman–Crippen LogP) is 3.14. The fourth-order valence-corrected chi connectivity index (χ4v) is 3.61. The van der Waals surface area contributed by atoms with Crippen LogP contribution >= 0.6 is 22.9 Å². The first-order valence-electron chi connectivity index (χ1n) is 5.90. The highest BCUT2D eigenvalue weighted by atomic mass is 35.5. The molecule has 2 unspecified atom stereocenters. The predicted molar refractivity (Wildman–Crippen MR) is 69.3 cm³/mol. The molecule has 1 aromatic heterocycles. The molecule has 4 heteroatoms. The molecule has 2 atom stereocenters. The van der Waals surface area contributed by atoms with Gasteiger partial charge in [-0.25, -0.2) is 0 Å². The number of rotatable bonds is 5. The summed E-state index contributed by atoms with van der Waals surface area (Å²) >= 11 is 7.69. The molecule has 0 spiro atoms. The zero-order chi connectivity index (χ0) is 11.5. The molecule has 0 amide bonds. The Kier molecular flexibility index (Phi) is 4.25. The Hall–Kier alpha value is -0.0900. The third-order valence-corrected chi connectivity index (χ3v) is 4.41. The van der Waals surface area contributed by atoms with Gasteiger partial charge in [0, 0.05) is 17.5 Å². The van der Waals surface area contributed by atoms with Crippen LogP contribution in [0.5, 0.6) is 0 Å². The first kappa shape index (κ1) is 12.4. The Morgan fingerprint density at radius 3 is 3.25 bits per heavy atom. The Morgan fingerprint density at radius 1 is 1.69 bits per heavy atom. The largest absolute Gasteiger partial charge is 0.392 e. The second kappa shape index (κ2) is 5.50. The highest BCUT2D eigenvalue weighted by Crippen LogP contribution is 2.39. The van der Waals surface area contributed by atoms with Crippen molar-refractivity contribution in [3.63, 3.8) is 0 Å². The molecule has 1 aliphatic carbocycles. The molecular formula is C12H18ClNOS. The molecule has 0 aliphatic heterocycles. The van der Waals surface area contributed by atoms with Gasteiger partial charge >= 0.3 is 0 Å². The molecule has 0 saturated carbocycles. The van der Waals surface area contributed by atoms with Crippen LogP contribution < -0.4 is 5.32 Å². The van der Waals surface area contributed by atoms with Crippen LogP contribution in [0, 0.1) is 0 Å². The van der Waals surface area contributed by atoms with Crippen molar-refractivity contribution in [3.8, 4) is 0 Å². The van der Waals surface area contributed by atoms with Crippen LogP contribution in [0.1, 0.15) is 42.7 Å². The highest BCUT2D eigenvalue weighted by molar-refractivity contribution is 7.16. The van der Waals surface area contributed by atoms with E-state index in [-0.39, 0.29) is 6.10 Å². The van der Waals surface area contributed by atoms with Gasteiger partial charge < -0.3 is 10.4 Å². The van der Waals surface area contributed by atoms with Gasteiger partial charge in [0.2, 0.25) is 0 Å². The summed E-state index contributed by atoms with van der Waals surface area (Å²) in [6.07, 6.45) is 3.94. The van der Waals surface area contributed by atoms with E-state index in [9.17, 15) is 5.11 Å². The Bertz CT molecular complexity index is 353. The smallest absolute Gasteiger partial charge is 0.0934 e. The van der Waals surface area contributed by atoms with Crippen LogP contribution in [0.2, 0.25) is 4.34 Å². The molecule has 2 nitrogen and oxygen atoms in total. The van der Waals surface area contributed by atoms with E-state index < -0.39 is 0 Å². The van der Waals surface area contributed by atoms with E-state index in [0.29, 0.717) is 12.6 Å². The van der Waals surface area contributed by atoms with Crippen LogP contribution in [0.15, 0.2) is 6.07 Å². The minimum atomic E-state index is -0.219. The molecule has 1 aliphatic rings. The van der Waals surface area contributed by atoms with E-state index in [1.165, 1.54) is 10.4 Å². The van der Waals surface area contributed by atoms with Crippen molar-refractivity contribution < 1.29 is 5.11 Å². The summed E-state index contributed by atoms with van der Waals surface area (Å²) < 4.78 is 0.880. The molecule has 0 bridgehead atoms. The van der Waals surface area contributed by atoms with Crippen molar-refractivity contribution in [1.82, 2.24) is 5.32 Å². The number of hydrogen-bond acceptors (Lipinski definition) is 3. The SMILES string of the molecule is CCCC(O)CNC1CCc2sc(Cl)cc21. The maximum Gasteiger partial charge on any atom is 0.0934 e. The van der Waals surface area contributed by atoms with Gasteiger partial charge in [-0.1, -0.05) is 24.9 Å². The fraction of sp³-hybridized carbons (Fsp3) is 0.667. The Labute approximate surface area is 106 Å². The molecular weight excluding hydrogens is 242 g/mol. The normalized spacial score (nSPS) is 21.1. The van der Waals surface area contributed by atoms with E-state index in [1.54, 1.807) is 11.3 Å². The molecule has 0 fully saturated rings. The van der Waals surface area contributed by atoms with E-state index >= 15 is 0 Å². The van der Waals surface area contributed by atoms with Crippen LogP contribution in [-0.4, -0.2) is 17.8 Å². The molecule has 0 radical (unpaired) electrons. The van der Waals surface area contributed by atoms with Crippen molar-refractivity contribution in [2.45, 2.75) is 44.8 Å². The van der Waals surface area contributed by atoms with Crippen molar-refractivity contribution in [2.24, 2.45) is 0 Å². The van der Waals surface area contributed by atoms with Crippen molar-refractivity contribution >= 4 is 22.9 Å². The lowest BCUT2D eigenvalue weighted by Crippen LogP contribution is -2.29. The number of hydrogen-bond donors (Lipinski definition) is 2. The highest BCUT2D eigenvalue weighted by Gasteiger charge is 2.24. The van der Waals surface area contributed by atoms with Crippen LogP contribution in [0.3, 0.4) is 0 Å². The van der Waals surface area contributed by atoms with Gasteiger partial charge in [0.1, 0.15) is 0 Å². The molecule has 2 N–H and O–H groups in total. The standard InChI is InChI=1S/C12H18ClNOS/c1-2-3-8(15)7-14-10-4-5-11-9(10)6-12(13)16-11/h6,8,10,14-15H,2-5,7H2,1H3. The Balaban J connectivity index is 1.88. The average Bonchev–Trinajstić information content (AvgIpc) is 2.75. The van der Waals surface area contributed by atoms with Gasteiger partial charge in [-0.3, -0.25) is 0 Å². The zero-order valence-corrected chi connectivity index (χ0v) is 11.1. The number of halogens is 1. The summed E-state index contributed by atoms with van der Waals surface area (Å²) in [4.78, 5) is 1.41. The molecule has 1 heterocycles. The van der Waals surface area contributed by atoms with Crippen LogP contribution in [0.25, 0.3) is 0 Å². The van der Waals surface area contributed by atoms with Gasteiger partial charge in [-0.2, -0.15) is 0 Å². The number of aliphatic hydroxyl groups excluding tert-OH is 1. The molecule has 0 saturated heterocycles. The molecule has 1 aromatic rings. The molecule has 2 rings (SSSR count). The van der Waals surface area contributed by atoms with Crippen molar-refractivity contribution in [2.75, 3.05) is 6.54 Å². The average molecular weight is 260 g/mol. The summed E-state index contributed by atoms with van der Waals surface area (Å²) in [6, 6.07) is 2.46. The van der Waals surface area contributed by atoms with E-state index in [2.05, 4.69) is 18.3 Å². The van der Waals surface area contributed by atoms with Gasteiger partial charge in [0.25, 0.3) is 0 Å². The molecule has 0 aromatic carbocycles. The minimum Gasteiger partial charge on any atom is -0.392 e. The third kappa shape index (κ3) is 2.77.